The smallest absolute Gasteiger partial charge is 0.246 e. The Morgan fingerprint density at radius 3 is 2.61 bits per heavy atom. The van der Waals surface area contributed by atoms with Crippen LogP contribution in [0.25, 0.3) is 5.69 Å². The van der Waals surface area contributed by atoms with Gasteiger partial charge >= 0.3 is 0 Å². The maximum absolute atomic E-state index is 13.3. The SMILES string of the molecule is Cc1nn(-c2ccccc2)c(C)c1[C@@H]1COCCN1S(=O)(=O)c1cnn(C)c1. The van der Waals surface area contributed by atoms with Crippen LogP contribution in [0.15, 0.2) is 47.6 Å². The Balaban J connectivity index is 1.78. The average Bonchev–Trinajstić information content (AvgIpc) is 3.26. The van der Waals surface area contributed by atoms with E-state index >= 15 is 0 Å². The van der Waals surface area contributed by atoms with Crippen molar-refractivity contribution in [1.82, 2.24) is 23.9 Å². The van der Waals surface area contributed by atoms with Crippen molar-refractivity contribution in [1.29, 1.82) is 0 Å². The number of ether oxygens (including phenoxy) is 1. The molecule has 1 saturated heterocycles. The van der Waals surface area contributed by atoms with Crippen LogP contribution in [0.4, 0.5) is 0 Å². The van der Waals surface area contributed by atoms with E-state index in [-0.39, 0.29) is 11.4 Å². The molecule has 0 saturated carbocycles. The van der Waals surface area contributed by atoms with E-state index in [0.717, 1.165) is 22.6 Å². The summed E-state index contributed by atoms with van der Waals surface area (Å²) in [6.07, 6.45) is 2.91. The highest BCUT2D eigenvalue weighted by molar-refractivity contribution is 7.89. The number of morpholine rings is 1. The Kier molecular flexibility index (Phi) is 4.82. The van der Waals surface area contributed by atoms with Crippen LogP contribution in [0.3, 0.4) is 0 Å². The van der Waals surface area contributed by atoms with Crippen LogP contribution in [0.1, 0.15) is 23.0 Å². The topological polar surface area (TPSA) is 82.2 Å². The number of aromatic nitrogens is 4. The fourth-order valence-corrected chi connectivity index (χ4v) is 5.28. The van der Waals surface area contributed by atoms with Crippen molar-refractivity contribution in [2.75, 3.05) is 19.8 Å². The van der Waals surface area contributed by atoms with Crippen LogP contribution in [0.2, 0.25) is 0 Å². The van der Waals surface area contributed by atoms with Crippen molar-refractivity contribution in [3.05, 3.63) is 59.7 Å². The first-order valence-corrected chi connectivity index (χ1v) is 10.5. The maximum atomic E-state index is 13.3. The number of sulfonamides is 1. The zero-order valence-electron chi connectivity index (χ0n) is 16.1. The summed E-state index contributed by atoms with van der Waals surface area (Å²) in [6, 6.07) is 9.38. The lowest BCUT2D eigenvalue weighted by molar-refractivity contribution is 0.0316. The van der Waals surface area contributed by atoms with Gasteiger partial charge in [0.05, 0.1) is 36.8 Å². The molecule has 3 heterocycles. The molecule has 0 amide bonds. The van der Waals surface area contributed by atoms with Gasteiger partial charge in [0.15, 0.2) is 0 Å². The molecule has 0 bridgehead atoms. The highest BCUT2D eigenvalue weighted by Gasteiger charge is 2.38. The quantitative estimate of drug-likeness (QED) is 0.668. The van der Waals surface area contributed by atoms with Gasteiger partial charge in [-0.1, -0.05) is 18.2 Å². The first-order chi connectivity index (χ1) is 13.4. The number of aryl methyl sites for hydroxylation is 2. The minimum absolute atomic E-state index is 0.188. The molecule has 1 aliphatic rings. The standard InChI is InChI=1S/C19H23N5O3S/c1-14-19(15(2)24(21-14)16-7-5-4-6-8-16)18-13-27-10-9-23(18)28(25,26)17-11-20-22(3)12-17/h4-8,11-12,18H,9-10,13H2,1-3H3/t18-/m0/s1. The number of hydrogen-bond donors (Lipinski definition) is 0. The zero-order valence-corrected chi connectivity index (χ0v) is 16.9. The lowest BCUT2D eigenvalue weighted by atomic mass is 10.0. The van der Waals surface area contributed by atoms with Crippen LogP contribution in [-0.4, -0.2) is 52.0 Å². The highest BCUT2D eigenvalue weighted by Crippen LogP contribution is 2.34. The van der Waals surface area contributed by atoms with Gasteiger partial charge in [-0.3, -0.25) is 4.68 Å². The lowest BCUT2D eigenvalue weighted by Gasteiger charge is -2.34. The molecule has 28 heavy (non-hydrogen) atoms. The Morgan fingerprint density at radius 1 is 1.18 bits per heavy atom. The normalized spacial score (nSPS) is 18.5. The van der Waals surface area contributed by atoms with Crippen LogP contribution < -0.4 is 0 Å². The molecule has 2 aromatic heterocycles. The highest BCUT2D eigenvalue weighted by atomic mass is 32.2. The van der Waals surface area contributed by atoms with Crippen molar-refractivity contribution in [3.63, 3.8) is 0 Å². The molecule has 3 aromatic rings. The molecule has 1 fully saturated rings. The molecule has 0 unspecified atom stereocenters. The van der Waals surface area contributed by atoms with E-state index in [2.05, 4.69) is 10.2 Å². The average molecular weight is 401 g/mol. The van der Waals surface area contributed by atoms with Crippen molar-refractivity contribution in [2.24, 2.45) is 7.05 Å². The van der Waals surface area contributed by atoms with E-state index in [1.54, 1.807) is 7.05 Å². The molecule has 148 valence electrons. The molecule has 0 radical (unpaired) electrons. The van der Waals surface area contributed by atoms with Gasteiger partial charge in [0.1, 0.15) is 4.90 Å². The minimum atomic E-state index is -3.69. The monoisotopic (exact) mass is 401 g/mol. The predicted molar refractivity (Wildman–Crippen MR) is 104 cm³/mol. The van der Waals surface area contributed by atoms with Crippen LogP contribution >= 0.6 is 0 Å². The molecule has 1 aliphatic heterocycles. The van der Waals surface area contributed by atoms with Crippen molar-refractivity contribution in [2.45, 2.75) is 24.8 Å². The van der Waals surface area contributed by atoms with E-state index < -0.39 is 16.1 Å². The van der Waals surface area contributed by atoms with Gasteiger partial charge in [-0.25, -0.2) is 13.1 Å². The Morgan fingerprint density at radius 2 is 1.93 bits per heavy atom. The maximum Gasteiger partial charge on any atom is 0.246 e. The molecule has 0 N–H and O–H groups in total. The van der Waals surface area contributed by atoms with E-state index in [0.29, 0.717) is 13.2 Å². The van der Waals surface area contributed by atoms with Gasteiger partial charge in [0.25, 0.3) is 0 Å². The third-order valence-electron chi connectivity index (χ3n) is 5.05. The van der Waals surface area contributed by atoms with Gasteiger partial charge < -0.3 is 4.74 Å². The van der Waals surface area contributed by atoms with Crippen LogP contribution in [-0.2, 0) is 21.8 Å². The second-order valence-electron chi connectivity index (χ2n) is 6.89. The van der Waals surface area contributed by atoms with E-state index in [4.69, 9.17) is 4.74 Å². The number of hydrogen-bond acceptors (Lipinski definition) is 5. The summed E-state index contributed by atoms with van der Waals surface area (Å²) in [5.74, 6) is 0. The Labute approximate surface area is 164 Å². The van der Waals surface area contributed by atoms with E-state index in [9.17, 15) is 8.42 Å². The molecule has 1 aromatic carbocycles. The summed E-state index contributed by atoms with van der Waals surface area (Å²) in [5, 5.41) is 8.69. The van der Waals surface area contributed by atoms with Gasteiger partial charge in [0.2, 0.25) is 10.0 Å². The fraction of sp³-hybridized carbons (Fsp3) is 0.368. The molecule has 0 spiro atoms. The Hall–Kier alpha value is -2.49. The van der Waals surface area contributed by atoms with Crippen LogP contribution in [0, 0.1) is 13.8 Å². The molecule has 1 atom stereocenters. The first kappa shape index (κ1) is 18.9. The Bertz CT molecular complexity index is 1090. The van der Waals surface area contributed by atoms with Gasteiger partial charge in [-0.2, -0.15) is 14.5 Å². The third-order valence-corrected chi connectivity index (χ3v) is 6.91. The fourth-order valence-electron chi connectivity index (χ4n) is 3.73. The zero-order chi connectivity index (χ0) is 19.9. The van der Waals surface area contributed by atoms with Gasteiger partial charge in [0, 0.05) is 31.0 Å². The van der Waals surface area contributed by atoms with Gasteiger partial charge in [-0.15, -0.1) is 0 Å². The second kappa shape index (κ2) is 7.16. The number of benzene rings is 1. The van der Waals surface area contributed by atoms with E-state index in [1.165, 1.54) is 21.4 Å². The molecule has 0 aliphatic carbocycles. The second-order valence-corrected chi connectivity index (χ2v) is 8.78. The summed E-state index contributed by atoms with van der Waals surface area (Å²) in [6.45, 7) is 4.82. The summed E-state index contributed by atoms with van der Waals surface area (Å²) < 4.78 is 37.1. The molecular weight excluding hydrogens is 378 g/mol. The molecule has 8 nitrogen and oxygen atoms in total. The number of para-hydroxylation sites is 1. The summed E-state index contributed by atoms with van der Waals surface area (Å²) in [5.41, 5.74) is 3.53. The molecule has 4 rings (SSSR count). The van der Waals surface area contributed by atoms with Crippen molar-refractivity contribution >= 4 is 10.0 Å². The summed E-state index contributed by atoms with van der Waals surface area (Å²) in [7, 11) is -1.99. The molecular formula is C19H23N5O3S. The molecule has 9 heteroatoms. The van der Waals surface area contributed by atoms with Gasteiger partial charge in [-0.05, 0) is 26.0 Å². The number of nitrogens with zero attached hydrogens (tertiary/aromatic N) is 5. The largest absolute Gasteiger partial charge is 0.378 e. The van der Waals surface area contributed by atoms with Crippen molar-refractivity contribution in [3.8, 4) is 5.69 Å². The first-order valence-electron chi connectivity index (χ1n) is 9.09. The number of rotatable bonds is 4. The lowest BCUT2D eigenvalue weighted by Crippen LogP contribution is -2.43. The summed E-state index contributed by atoms with van der Waals surface area (Å²) >= 11 is 0. The van der Waals surface area contributed by atoms with Crippen LogP contribution in [0.5, 0.6) is 0 Å². The third kappa shape index (κ3) is 3.15. The minimum Gasteiger partial charge on any atom is -0.378 e. The van der Waals surface area contributed by atoms with E-state index in [1.807, 2.05) is 48.9 Å². The predicted octanol–water partition coefficient (Wildman–Crippen LogP) is 1.98. The van der Waals surface area contributed by atoms with Crippen molar-refractivity contribution < 1.29 is 13.2 Å². The summed E-state index contributed by atoms with van der Waals surface area (Å²) in [4.78, 5) is 0.188.